The van der Waals surface area contributed by atoms with Crippen LogP contribution < -0.4 is 14.8 Å². The Morgan fingerprint density at radius 2 is 1.53 bits per heavy atom. The first-order valence-corrected chi connectivity index (χ1v) is 22.4. The number of carbonyl (C=O) groups excluding carboxylic acids is 4. The number of aryl methyl sites for hydroxylation is 1. The number of fused-ring (bicyclic) bond motifs is 1. The molecule has 12 heteroatoms. The molecule has 4 aliphatic heterocycles. The van der Waals surface area contributed by atoms with Crippen molar-refractivity contribution in [2.24, 2.45) is 0 Å². The van der Waals surface area contributed by atoms with Crippen molar-refractivity contribution in [2.45, 2.75) is 88.6 Å². The smallest absolute Gasteiger partial charge is 0.262 e. The number of piperidine rings is 3. The van der Waals surface area contributed by atoms with Gasteiger partial charge in [0, 0.05) is 35.3 Å². The molecule has 0 saturated carbocycles. The molecule has 1 N–H and O–H groups in total. The van der Waals surface area contributed by atoms with Gasteiger partial charge < -0.3 is 19.3 Å². The number of imide groups is 2. The van der Waals surface area contributed by atoms with E-state index in [1.807, 2.05) is 19.1 Å². The topological polar surface area (TPSA) is 126 Å². The highest BCUT2D eigenvalue weighted by Gasteiger charge is 2.41. The lowest BCUT2D eigenvalue weighted by Gasteiger charge is -2.42. The lowest BCUT2D eigenvalue weighted by Crippen LogP contribution is -2.47. The van der Waals surface area contributed by atoms with Gasteiger partial charge in [-0.3, -0.25) is 33.6 Å². The molecule has 3 atom stereocenters. The predicted octanol–water partition coefficient (Wildman–Crippen LogP) is 6.00. The number of likely N-dealkylation sites (tertiary alicyclic amines) is 2. The Labute approximate surface area is 338 Å². The minimum Gasteiger partial charge on any atom is -0.493 e. The van der Waals surface area contributed by atoms with Gasteiger partial charge in [-0.1, -0.05) is 36.4 Å². The summed E-state index contributed by atoms with van der Waals surface area (Å²) in [5, 5.41) is 2.47. The van der Waals surface area contributed by atoms with Crippen molar-refractivity contribution in [1.29, 1.82) is 0 Å². The number of benzene rings is 3. The summed E-state index contributed by atoms with van der Waals surface area (Å²) in [5.74, 6) is 0.424. The second-order valence-corrected chi connectivity index (χ2v) is 17.4. The molecule has 0 aromatic heterocycles. The van der Waals surface area contributed by atoms with Crippen LogP contribution in [0.1, 0.15) is 119 Å². The molecule has 3 saturated heterocycles. The second-order valence-electron chi connectivity index (χ2n) is 16.0. The van der Waals surface area contributed by atoms with Gasteiger partial charge in [-0.05, 0) is 143 Å². The first-order valence-electron chi connectivity index (χ1n) is 20.6. The minimum absolute atomic E-state index is 0.123. The third-order valence-corrected chi connectivity index (χ3v) is 13.2. The van der Waals surface area contributed by atoms with E-state index in [2.05, 4.69) is 39.4 Å². The molecule has 7 rings (SSSR count). The number of ether oxygens (including phenoxy) is 2. The van der Waals surface area contributed by atoms with E-state index in [9.17, 15) is 23.4 Å². The van der Waals surface area contributed by atoms with Crippen molar-refractivity contribution in [3.8, 4) is 11.5 Å². The van der Waals surface area contributed by atoms with Crippen LogP contribution in [0.25, 0.3) is 0 Å². The monoisotopic (exact) mass is 796 g/mol. The summed E-state index contributed by atoms with van der Waals surface area (Å²) in [7, 11) is 0.288. The molecule has 3 fully saturated rings. The standard InChI is InChI=1S/C45H56N4O7S/c1-4-56-41-28-34(13-16-40(41)55-2)39(29-57(3)54)49-44(52)37-14-8-30(27-38(37)45(49)53)7-5-6-22-47-23-20-35(21-24-47)48-25-18-32(19-26-48)31-9-11-33(12-10-31)36-15-17-42(50)46-43(36)51/h8-14,16,27-28,32,35-36,39H,4-7,15,17-26,29H2,1-3H3,(H,46,50,51). The average molecular weight is 797 g/mol. The highest BCUT2D eigenvalue weighted by Crippen LogP contribution is 2.37. The Morgan fingerprint density at radius 1 is 0.807 bits per heavy atom. The Bertz CT molecular complexity index is 1970. The summed E-state index contributed by atoms with van der Waals surface area (Å²) in [6, 6.07) is 19.4. The Kier molecular flexibility index (Phi) is 13.2. The zero-order valence-corrected chi connectivity index (χ0v) is 34.3. The summed E-state index contributed by atoms with van der Waals surface area (Å²) in [5.41, 5.74) is 4.87. The fourth-order valence-corrected chi connectivity index (χ4v) is 10.0. The van der Waals surface area contributed by atoms with Crippen LogP contribution in [0.5, 0.6) is 11.5 Å². The number of amides is 4. The Balaban J connectivity index is 0.853. The van der Waals surface area contributed by atoms with Crippen molar-refractivity contribution >= 4 is 34.4 Å². The number of hydrogen-bond acceptors (Lipinski definition) is 9. The summed E-state index contributed by atoms with van der Waals surface area (Å²) in [4.78, 5) is 57.9. The van der Waals surface area contributed by atoms with Gasteiger partial charge in [-0.15, -0.1) is 0 Å². The number of methoxy groups -OCH3 is 1. The Morgan fingerprint density at radius 3 is 2.21 bits per heavy atom. The van der Waals surface area contributed by atoms with Crippen LogP contribution in [0.2, 0.25) is 0 Å². The third-order valence-electron chi connectivity index (χ3n) is 12.4. The molecule has 0 radical (unpaired) electrons. The van der Waals surface area contributed by atoms with Gasteiger partial charge in [0.05, 0.1) is 36.8 Å². The fourth-order valence-electron chi connectivity index (χ4n) is 9.24. The van der Waals surface area contributed by atoms with E-state index < -0.39 is 16.8 Å². The number of hydrogen-bond donors (Lipinski definition) is 1. The van der Waals surface area contributed by atoms with Gasteiger partial charge in [0.2, 0.25) is 11.8 Å². The molecule has 3 unspecified atom stereocenters. The van der Waals surface area contributed by atoms with Crippen molar-refractivity contribution < 1.29 is 32.9 Å². The summed E-state index contributed by atoms with van der Waals surface area (Å²) in [6.07, 6.45) is 10.1. The fraction of sp³-hybridized carbons (Fsp3) is 0.511. The van der Waals surface area contributed by atoms with Gasteiger partial charge in [0.25, 0.3) is 11.8 Å². The molecular formula is C45H56N4O7S. The van der Waals surface area contributed by atoms with Crippen molar-refractivity contribution in [1.82, 2.24) is 20.0 Å². The molecule has 3 aromatic carbocycles. The molecule has 4 aliphatic rings. The number of rotatable bonds is 15. The average Bonchev–Trinajstić information content (AvgIpc) is 3.46. The maximum absolute atomic E-state index is 13.8. The molecule has 4 heterocycles. The first kappa shape index (κ1) is 40.8. The highest BCUT2D eigenvalue weighted by molar-refractivity contribution is 7.84. The second kappa shape index (κ2) is 18.5. The molecule has 0 aliphatic carbocycles. The summed E-state index contributed by atoms with van der Waals surface area (Å²) < 4.78 is 23.7. The van der Waals surface area contributed by atoms with E-state index in [1.165, 1.54) is 23.3 Å². The van der Waals surface area contributed by atoms with Gasteiger partial charge >= 0.3 is 0 Å². The van der Waals surface area contributed by atoms with Crippen LogP contribution in [0.15, 0.2) is 60.7 Å². The van der Waals surface area contributed by atoms with E-state index in [0.717, 1.165) is 76.0 Å². The van der Waals surface area contributed by atoms with Gasteiger partial charge in [0.15, 0.2) is 11.5 Å². The number of nitrogens with one attached hydrogen (secondary N) is 1. The summed E-state index contributed by atoms with van der Waals surface area (Å²) in [6.45, 7) is 7.82. The number of carbonyl (C=O) groups is 4. The maximum atomic E-state index is 13.8. The lowest BCUT2D eigenvalue weighted by atomic mass is 9.85. The lowest BCUT2D eigenvalue weighted by molar-refractivity contribution is -0.134. The Hall–Kier alpha value is -4.39. The molecular weight excluding hydrogens is 741 g/mol. The van der Waals surface area contributed by atoms with Crippen LogP contribution >= 0.6 is 0 Å². The predicted molar refractivity (Wildman–Crippen MR) is 220 cm³/mol. The van der Waals surface area contributed by atoms with E-state index >= 15 is 0 Å². The van der Waals surface area contributed by atoms with Crippen LogP contribution in [-0.2, 0) is 26.8 Å². The van der Waals surface area contributed by atoms with Gasteiger partial charge in [-0.2, -0.15) is 0 Å². The SMILES string of the molecule is CCOc1cc(C(CS(C)=O)N2C(=O)c3ccc(CCCCN4CCC(N5CCC(c6ccc(C7CCC(=O)NC7=O)cc6)CC5)CC4)cc3C2=O)ccc1OC. The molecule has 304 valence electrons. The van der Waals surface area contributed by atoms with Gasteiger partial charge in [0.1, 0.15) is 0 Å². The van der Waals surface area contributed by atoms with Crippen LogP contribution in [0, 0.1) is 0 Å². The molecule has 3 aromatic rings. The van der Waals surface area contributed by atoms with Crippen LogP contribution in [0.4, 0.5) is 0 Å². The van der Waals surface area contributed by atoms with E-state index in [1.54, 1.807) is 37.6 Å². The highest BCUT2D eigenvalue weighted by atomic mass is 32.2. The molecule has 57 heavy (non-hydrogen) atoms. The summed E-state index contributed by atoms with van der Waals surface area (Å²) >= 11 is 0. The maximum Gasteiger partial charge on any atom is 0.262 e. The van der Waals surface area contributed by atoms with E-state index in [4.69, 9.17) is 9.47 Å². The molecule has 0 spiro atoms. The van der Waals surface area contributed by atoms with E-state index in [0.29, 0.717) is 59.6 Å². The quantitative estimate of drug-likeness (QED) is 0.146. The first-order chi connectivity index (χ1) is 27.6. The van der Waals surface area contributed by atoms with Crippen LogP contribution in [0.3, 0.4) is 0 Å². The normalized spacial score (nSPS) is 21.0. The van der Waals surface area contributed by atoms with Gasteiger partial charge in [-0.25, -0.2) is 0 Å². The minimum atomic E-state index is -1.27. The number of unbranched alkanes of at least 4 members (excludes halogenated alkanes) is 1. The zero-order chi connectivity index (χ0) is 40.1. The number of nitrogens with zero attached hydrogens (tertiary/aromatic N) is 3. The van der Waals surface area contributed by atoms with Crippen molar-refractivity contribution in [3.63, 3.8) is 0 Å². The van der Waals surface area contributed by atoms with Crippen molar-refractivity contribution in [3.05, 3.63) is 94.0 Å². The molecule has 0 bridgehead atoms. The zero-order valence-electron chi connectivity index (χ0n) is 33.5. The third kappa shape index (κ3) is 9.34. The van der Waals surface area contributed by atoms with Crippen LogP contribution in [-0.4, -0.2) is 107 Å². The molecule has 4 amide bonds. The molecule has 11 nitrogen and oxygen atoms in total. The van der Waals surface area contributed by atoms with Crippen molar-refractivity contribution in [2.75, 3.05) is 58.4 Å². The van der Waals surface area contributed by atoms with E-state index in [-0.39, 0.29) is 35.3 Å². The largest absolute Gasteiger partial charge is 0.493 e.